The third-order valence-corrected chi connectivity index (χ3v) is 5.60. The van der Waals surface area contributed by atoms with E-state index in [0.29, 0.717) is 16.8 Å². The minimum atomic E-state index is -0.484. The van der Waals surface area contributed by atoms with Crippen LogP contribution in [0, 0.1) is 5.92 Å². The average Bonchev–Trinajstić information content (AvgIpc) is 2.67. The van der Waals surface area contributed by atoms with Gasteiger partial charge in [-0.3, -0.25) is 4.79 Å². The zero-order valence-corrected chi connectivity index (χ0v) is 17.9. The Kier molecular flexibility index (Phi) is 6.15. The number of methoxy groups -OCH3 is 1. The first-order chi connectivity index (χ1) is 13.7. The summed E-state index contributed by atoms with van der Waals surface area (Å²) in [4.78, 5) is 33.0. The van der Waals surface area contributed by atoms with Crippen LogP contribution in [0.3, 0.4) is 0 Å². The largest absolute Gasteiger partial charge is 0.496 e. The molecule has 0 atom stereocenters. The number of rotatable bonds is 4. The van der Waals surface area contributed by atoms with Crippen molar-refractivity contribution in [3.8, 4) is 5.75 Å². The summed E-state index contributed by atoms with van der Waals surface area (Å²) in [7, 11) is 3.47. The number of aromatic nitrogens is 2. The van der Waals surface area contributed by atoms with Crippen molar-refractivity contribution in [3.05, 3.63) is 34.4 Å². The molecule has 0 spiro atoms. The monoisotopic (exact) mass is 401 g/mol. The molecule has 1 aromatic heterocycles. The van der Waals surface area contributed by atoms with Gasteiger partial charge in [0.15, 0.2) is 0 Å². The van der Waals surface area contributed by atoms with Gasteiger partial charge in [0.05, 0.1) is 24.3 Å². The predicted molar refractivity (Wildman–Crippen MR) is 112 cm³/mol. The van der Waals surface area contributed by atoms with Crippen LogP contribution in [-0.2, 0) is 11.2 Å². The van der Waals surface area contributed by atoms with Crippen LogP contribution in [0.15, 0.2) is 23.3 Å². The molecule has 0 radical (unpaired) electrons. The highest BCUT2D eigenvalue weighted by Gasteiger charge is 2.29. The molecule has 0 saturated heterocycles. The van der Waals surface area contributed by atoms with E-state index >= 15 is 0 Å². The van der Waals surface area contributed by atoms with Gasteiger partial charge in [0.2, 0.25) is 0 Å². The van der Waals surface area contributed by atoms with Crippen LogP contribution in [0.5, 0.6) is 5.75 Å². The van der Waals surface area contributed by atoms with Crippen molar-refractivity contribution < 1.29 is 14.3 Å². The molecule has 1 N–H and O–H groups in total. The zero-order valence-electron chi connectivity index (χ0n) is 17.9. The second kappa shape index (κ2) is 8.43. The van der Waals surface area contributed by atoms with Crippen LogP contribution in [0.1, 0.15) is 52.0 Å². The lowest BCUT2D eigenvalue weighted by molar-refractivity contribution is 0.0172. The number of hydrogen-bond donors (Lipinski definition) is 1. The number of nitrogens with one attached hydrogen (secondary N) is 1. The highest BCUT2D eigenvalue weighted by molar-refractivity contribution is 5.80. The molecule has 3 rings (SSSR count). The van der Waals surface area contributed by atoms with E-state index in [-0.39, 0.29) is 17.7 Å². The van der Waals surface area contributed by atoms with Crippen LogP contribution in [-0.4, -0.2) is 46.8 Å². The summed E-state index contributed by atoms with van der Waals surface area (Å²) < 4.78 is 11.0. The molecule has 7 heteroatoms. The van der Waals surface area contributed by atoms with Gasteiger partial charge in [-0.15, -0.1) is 0 Å². The second-order valence-electron chi connectivity index (χ2n) is 8.88. The third-order valence-electron chi connectivity index (χ3n) is 5.60. The summed E-state index contributed by atoms with van der Waals surface area (Å²) in [6.07, 6.45) is 5.91. The van der Waals surface area contributed by atoms with Gasteiger partial charge in [-0.05, 0) is 70.4 Å². The van der Waals surface area contributed by atoms with E-state index in [4.69, 9.17) is 9.47 Å². The van der Waals surface area contributed by atoms with Crippen molar-refractivity contribution in [1.29, 1.82) is 0 Å². The van der Waals surface area contributed by atoms with Crippen molar-refractivity contribution in [3.63, 3.8) is 0 Å². The summed E-state index contributed by atoms with van der Waals surface area (Å²) in [6, 6.07) is 3.94. The van der Waals surface area contributed by atoms with Crippen molar-refractivity contribution >= 4 is 17.0 Å². The summed E-state index contributed by atoms with van der Waals surface area (Å²) in [5.74, 6) is 1.25. The van der Waals surface area contributed by atoms with E-state index in [2.05, 4.69) is 9.97 Å². The van der Waals surface area contributed by atoms with Crippen LogP contribution in [0.4, 0.5) is 4.79 Å². The lowest BCUT2D eigenvalue weighted by Crippen LogP contribution is -2.42. The van der Waals surface area contributed by atoms with Gasteiger partial charge >= 0.3 is 6.09 Å². The van der Waals surface area contributed by atoms with Gasteiger partial charge in [-0.25, -0.2) is 9.78 Å². The molecule has 7 nitrogen and oxygen atoms in total. The predicted octanol–water partition coefficient (Wildman–Crippen LogP) is 3.90. The SMILES string of the molecule is COc1cc2nc[nH]c(=O)c2cc1CC1CCC(N(C)C(=O)OC(C)(C)C)CC1. The standard InChI is InChI=1S/C22H31N3O4/c1-22(2,3)29-21(27)25(4)16-8-6-14(7-9-16)10-15-11-17-18(12-19(15)28-5)23-13-24-20(17)26/h11-14,16H,6-10H2,1-5H3,(H,23,24,26). The second-order valence-corrected chi connectivity index (χ2v) is 8.88. The number of nitrogens with zero attached hydrogens (tertiary/aromatic N) is 2. The first kappa shape index (κ1) is 21.1. The molecule has 0 aliphatic heterocycles. The molecule has 0 unspecified atom stereocenters. The fraction of sp³-hybridized carbons (Fsp3) is 0.591. The molecule has 2 aromatic rings. The molecule has 0 bridgehead atoms. The highest BCUT2D eigenvalue weighted by Crippen LogP contribution is 2.33. The topological polar surface area (TPSA) is 84.5 Å². The molecular weight excluding hydrogens is 370 g/mol. The Balaban J connectivity index is 1.66. The molecule has 1 heterocycles. The lowest BCUT2D eigenvalue weighted by atomic mass is 9.81. The maximum Gasteiger partial charge on any atom is 0.410 e. The zero-order chi connectivity index (χ0) is 21.2. The highest BCUT2D eigenvalue weighted by atomic mass is 16.6. The van der Waals surface area contributed by atoms with Gasteiger partial charge in [0.25, 0.3) is 5.56 Å². The molecular formula is C22H31N3O4. The number of carbonyl (C=O) groups is 1. The van der Waals surface area contributed by atoms with Gasteiger partial charge in [0, 0.05) is 19.2 Å². The molecule has 1 aliphatic rings. The summed E-state index contributed by atoms with van der Waals surface area (Å²) in [5, 5.41) is 0.585. The molecule has 29 heavy (non-hydrogen) atoms. The maximum atomic E-state index is 12.3. The summed E-state index contributed by atoms with van der Waals surface area (Å²) >= 11 is 0. The van der Waals surface area contributed by atoms with Crippen LogP contribution < -0.4 is 10.3 Å². The Hall–Kier alpha value is -2.57. The molecule has 1 amide bonds. The van der Waals surface area contributed by atoms with Gasteiger partial charge in [-0.1, -0.05) is 0 Å². The number of fused-ring (bicyclic) bond motifs is 1. The third kappa shape index (κ3) is 5.08. The molecule has 1 fully saturated rings. The molecule has 1 saturated carbocycles. The van der Waals surface area contributed by atoms with Crippen LogP contribution in [0.25, 0.3) is 10.9 Å². The summed E-state index contributed by atoms with van der Waals surface area (Å²) in [6.45, 7) is 5.65. The molecule has 1 aliphatic carbocycles. The van der Waals surface area contributed by atoms with Crippen LogP contribution >= 0.6 is 0 Å². The van der Waals surface area contributed by atoms with E-state index in [1.54, 1.807) is 12.0 Å². The van der Waals surface area contributed by atoms with E-state index in [1.165, 1.54) is 6.33 Å². The minimum Gasteiger partial charge on any atom is -0.496 e. The van der Waals surface area contributed by atoms with E-state index in [0.717, 1.165) is 43.4 Å². The fourth-order valence-electron chi connectivity index (χ4n) is 4.02. The van der Waals surface area contributed by atoms with Crippen molar-refractivity contribution in [2.45, 2.75) is 64.5 Å². The molecule has 1 aromatic carbocycles. The minimum absolute atomic E-state index is 0.137. The van der Waals surface area contributed by atoms with Crippen molar-refractivity contribution in [2.24, 2.45) is 5.92 Å². The quantitative estimate of drug-likeness (QED) is 0.840. The van der Waals surface area contributed by atoms with Gasteiger partial charge in [-0.2, -0.15) is 0 Å². The summed E-state index contributed by atoms with van der Waals surface area (Å²) in [5.41, 5.74) is 1.04. The first-order valence-corrected chi connectivity index (χ1v) is 10.2. The first-order valence-electron chi connectivity index (χ1n) is 10.2. The normalized spacial score (nSPS) is 19.8. The maximum absolute atomic E-state index is 12.3. The molecule has 158 valence electrons. The Morgan fingerprint density at radius 3 is 2.55 bits per heavy atom. The Morgan fingerprint density at radius 1 is 1.24 bits per heavy atom. The number of H-pyrrole nitrogens is 1. The number of benzene rings is 1. The number of ether oxygens (including phenoxy) is 2. The lowest BCUT2D eigenvalue weighted by Gasteiger charge is -2.35. The average molecular weight is 402 g/mol. The van der Waals surface area contributed by atoms with E-state index in [9.17, 15) is 9.59 Å². The number of amides is 1. The Morgan fingerprint density at radius 2 is 1.93 bits per heavy atom. The number of aromatic amines is 1. The Bertz CT molecular complexity index is 924. The van der Waals surface area contributed by atoms with Crippen molar-refractivity contribution in [1.82, 2.24) is 14.9 Å². The van der Waals surface area contributed by atoms with Crippen LogP contribution in [0.2, 0.25) is 0 Å². The fourth-order valence-corrected chi connectivity index (χ4v) is 4.02. The smallest absolute Gasteiger partial charge is 0.410 e. The number of carbonyl (C=O) groups excluding carboxylic acids is 1. The Labute approximate surface area is 171 Å². The van der Waals surface area contributed by atoms with E-state index < -0.39 is 5.60 Å². The van der Waals surface area contributed by atoms with E-state index in [1.807, 2.05) is 40.0 Å². The van der Waals surface area contributed by atoms with Crippen molar-refractivity contribution in [2.75, 3.05) is 14.2 Å². The number of hydrogen-bond acceptors (Lipinski definition) is 5. The van der Waals surface area contributed by atoms with Gasteiger partial charge in [0.1, 0.15) is 11.4 Å². The van der Waals surface area contributed by atoms with Gasteiger partial charge < -0.3 is 19.4 Å².